The summed E-state index contributed by atoms with van der Waals surface area (Å²) in [6.07, 6.45) is 10.1. The normalized spacial score (nSPS) is 23.8. The SMILES string of the molecule is CCc1nc(C2CN(Cc3cccnc3)CC23CCCC3)n[nH]1. The summed E-state index contributed by atoms with van der Waals surface area (Å²) in [5.74, 6) is 2.52. The topological polar surface area (TPSA) is 57.7 Å². The van der Waals surface area contributed by atoms with Crippen LogP contribution in [0.1, 0.15) is 55.7 Å². The van der Waals surface area contributed by atoms with Crippen LogP contribution in [0.2, 0.25) is 0 Å². The van der Waals surface area contributed by atoms with Crippen molar-refractivity contribution in [1.29, 1.82) is 0 Å². The lowest BCUT2D eigenvalue weighted by Gasteiger charge is -2.28. The van der Waals surface area contributed by atoms with Gasteiger partial charge in [0.1, 0.15) is 5.82 Å². The quantitative estimate of drug-likeness (QED) is 0.943. The molecule has 1 aliphatic heterocycles. The Morgan fingerprint density at radius 2 is 2.22 bits per heavy atom. The van der Waals surface area contributed by atoms with Crippen molar-refractivity contribution >= 4 is 0 Å². The van der Waals surface area contributed by atoms with E-state index >= 15 is 0 Å². The Kier molecular flexibility index (Phi) is 3.89. The Morgan fingerprint density at radius 1 is 1.35 bits per heavy atom. The Morgan fingerprint density at radius 3 is 2.91 bits per heavy atom. The lowest BCUT2D eigenvalue weighted by atomic mass is 9.76. The molecular formula is C18H25N5. The summed E-state index contributed by atoms with van der Waals surface area (Å²) in [6.45, 7) is 5.34. The van der Waals surface area contributed by atoms with Crippen LogP contribution in [0.25, 0.3) is 0 Å². The van der Waals surface area contributed by atoms with Crippen LogP contribution in [0, 0.1) is 5.41 Å². The molecule has 1 spiro atoms. The summed E-state index contributed by atoms with van der Waals surface area (Å²) in [6, 6.07) is 4.20. The summed E-state index contributed by atoms with van der Waals surface area (Å²) in [7, 11) is 0. The summed E-state index contributed by atoms with van der Waals surface area (Å²) in [5, 5.41) is 7.67. The van der Waals surface area contributed by atoms with Gasteiger partial charge in [0.05, 0.1) is 0 Å². The first-order chi connectivity index (χ1) is 11.3. The number of aryl methyl sites for hydroxylation is 1. The second-order valence-electron chi connectivity index (χ2n) is 7.15. The number of nitrogens with zero attached hydrogens (tertiary/aromatic N) is 4. The van der Waals surface area contributed by atoms with Crippen LogP contribution < -0.4 is 0 Å². The minimum absolute atomic E-state index is 0.384. The van der Waals surface area contributed by atoms with Crippen LogP contribution in [0.5, 0.6) is 0 Å². The van der Waals surface area contributed by atoms with Gasteiger partial charge in [0.15, 0.2) is 5.82 Å². The lowest BCUT2D eigenvalue weighted by Crippen LogP contribution is -2.27. The fraction of sp³-hybridized carbons (Fsp3) is 0.611. The molecule has 2 fully saturated rings. The number of hydrogen-bond donors (Lipinski definition) is 1. The van der Waals surface area contributed by atoms with Crippen molar-refractivity contribution in [2.45, 2.75) is 51.5 Å². The van der Waals surface area contributed by atoms with Crippen LogP contribution in [-0.2, 0) is 13.0 Å². The predicted molar refractivity (Wildman–Crippen MR) is 88.9 cm³/mol. The molecule has 2 aromatic heterocycles. The van der Waals surface area contributed by atoms with E-state index in [-0.39, 0.29) is 0 Å². The number of aromatic nitrogens is 4. The summed E-state index contributed by atoms with van der Waals surface area (Å²) < 4.78 is 0. The molecule has 0 amide bonds. The fourth-order valence-corrected chi connectivity index (χ4v) is 4.51. The number of hydrogen-bond acceptors (Lipinski definition) is 4. The monoisotopic (exact) mass is 311 g/mol. The van der Waals surface area contributed by atoms with Crippen LogP contribution in [-0.4, -0.2) is 38.2 Å². The molecule has 0 bridgehead atoms. The Bertz CT molecular complexity index is 644. The molecule has 5 nitrogen and oxygen atoms in total. The average molecular weight is 311 g/mol. The molecule has 1 unspecified atom stereocenters. The maximum atomic E-state index is 4.77. The Labute approximate surface area is 137 Å². The molecule has 2 aliphatic rings. The highest BCUT2D eigenvalue weighted by Gasteiger charge is 2.50. The van der Waals surface area contributed by atoms with Gasteiger partial charge in [0.25, 0.3) is 0 Å². The minimum atomic E-state index is 0.384. The first-order valence-electron chi connectivity index (χ1n) is 8.81. The van der Waals surface area contributed by atoms with Crippen LogP contribution >= 0.6 is 0 Å². The molecule has 122 valence electrons. The van der Waals surface area contributed by atoms with Crippen molar-refractivity contribution < 1.29 is 0 Å². The lowest BCUT2D eigenvalue weighted by molar-refractivity contribution is 0.244. The molecule has 1 atom stereocenters. The van der Waals surface area contributed by atoms with Crippen molar-refractivity contribution in [2.24, 2.45) is 5.41 Å². The van der Waals surface area contributed by atoms with Gasteiger partial charge < -0.3 is 0 Å². The summed E-state index contributed by atoms with van der Waals surface area (Å²) in [5.41, 5.74) is 1.68. The highest BCUT2D eigenvalue weighted by atomic mass is 15.2. The van der Waals surface area contributed by atoms with Crippen molar-refractivity contribution in [3.05, 3.63) is 41.7 Å². The van der Waals surface area contributed by atoms with Crippen molar-refractivity contribution in [2.75, 3.05) is 13.1 Å². The number of pyridine rings is 1. The van der Waals surface area contributed by atoms with E-state index in [4.69, 9.17) is 4.98 Å². The van der Waals surface area contributed by atoms with E-state index in [1.165, 1.54) is 37.8 Å². The standard InChI is InChI=1S/C18H25N5/c1-2-16-20-17(22-21-16)15-12-23(11-14-6-5-9-19-10-14)13-18(15)7-3-4-8-18/h5-6,9-10,15H,2-4,7-8,11-13H2,1H3,(H,20,21,22). The van der Waals surface area contributed by atoms with Crippen molar-refractivity contribution in [3.63, 3.8) is 0 Å². The highest BCUT2D eigenvalue weighted by molar-refractivity contribution is 5.15. The second-order valence-corrected chi connectivity index (χ2v) is 7.15. The van der Waals surface area contributed by atoms with Gasteiger partial charge in [-0.15, -0.1) is 0 Å². The molecule has 2 aromatic rings. The van der Waals surface area contributed by atoms with Gasteiger partial charge in [0, 0.05) is 44.4 Å². The molecule has 1 N–H and O–H groups in total. The molecule has 0 aromatic carbocycles. The predicted octanol–water partition coefficient (Wildman–Crippen LogP) is 2.92. The molecule has 3 heterocycles. The second kappa shape index (κ2) is 6.04. The first kappa shape index (κ1) is 14.8. The van der Waals surface area contributed by atoms with E-state index in [2.05, 4.69) is 33.1 Å². The first-order valence-corrected chi connectivity index (χ1v) is 8.81. The molecular weight excluding hydrogens is 286 g/mol. The van der Waals surface area contributed by atoms with E-state index in [1.807, 2.05) is 18.5 Å². The number of nitrogens with one attached hydrogen (secondary N) is 1. The zero-order valence-electron chi connectivity index (χ0n) is 13.8. The summed E-state index contributed by atoms with van der Waals surface area (Å²) >= 11 is 0. The third-order valence-electron chi connectivity index (χ3n) is 5.64. The molecule has 1 saturated heterocycles. The van der Waals surface area contributed by atoms with E-state index in [0.29, 0.717) is 11.3 Å². The van der Waals surface area contributed by atoms with Crippen molar-refractivity contribution in [1.82, 2.24) is 25.1 Å². The van der Waals surface area contributed by atoms with Crippen LogP contribution in [0.4, 0.5) is 0 Å². The molecule has 5 heteroatoms. The number of likely N-dealkylation sites (tertiary alicyclic amines) is 1. The van der Waals surface area contributed by atoms with E-state index in [1.54, 1.807) is 0 Å². The number of H-pyrrole nitrogens is 1. The van der Waals surface area contributed by atoms with Crippen molar-refractivity contribution in [3.8, 4) is 0 Å². The molecule has 4 rings (SSSR count). The van der Waals surface area contributed by atoms with Gasteiger partial charge in [-0.3, -0.25) is 15.0 Å². The van der Waals surface area contributed by atoms with Gasteiger partial charge in [0.2, 0.25) is 0 Å². The molecule has 1 saturated carbocycles. The van der Waals surface area contributed by atoms with Gasteiger partial charge in [-0.05, 0) is 29.9 Å². The maximum Gasteiger partial charge on any atom is 0.155 e. The van der Waals surface area contributed by atoms with Crippen LogP contribution in [0.15, 0.2) is 24.5 Å². The van der Waals surface area contributed by atoms with E-state index in [9.17, 15) is 0 Å². The molecule has 0 radical (unpaired) electrons. The largest absolute Gasteiger partial charge is 0.298 e. The smallest absolute Gasteiger partial charge is 0.155 e. The Balaban J connectivity index is 1.57. The van der Waals surface area contributed by atoms with E-state index < -0.39 is 0 Å². The molecule has 23 heavy (non-hydrogen) atoms. The van der Waals surface area contributed by atoms with Gasteiger partial charge >= 0.3 is 0 Å². The zero-order valence-corrected chi connectivity index (χ0v) is 13.8. The highest BCUT2D eigenvalue weighted by Crippen LogP contribution is 2.52. The van der Waals surface area contributed by atoms with Gasteiger partial charge in [-0.1, -0.05) is 25.8 Å². The average Bonchev–Trinajstić information content (AvgIpc) is 3.30. The third-order valence-corrected chi connectivity index (χ3v) is 5.64. The van der Waals surface area contributed by atoms with Gasteiger partial charge in [-0.25, -0.2) is 4.98 Å². The zero-order chi connectivity index (χ0) is 15.7. The minimum Gasteiger partial charge on any atom is -0.298 e. The third kappa shape index (κ3) is 2.78. The fourth-order valence-electron chi connectivity index (χ4n) is 4.51. The summed E-state index contributed by atoms with van der Waals surface area (Å²) in [4.78, 5) is 11.6. The Hall–Kier alpha value is -1.75. The van der Waals surface area contributed by atoms with Crippen LogP contribution in [0.3, 0.4) is 0 Å². The number of rotatable bonds is 4. The maximum absolute atomic E-state index is 4.77. The van der Waals surface area contributed by atoms with E-state index in [0.717, 1.165) is 31.2 Å². The number of aromatic amines is 1. The van der Waals surface area contributed by atoms with Gasteiger partial charge in [-0.2, -0.15) is 5.10 Å². The molecule has 1 aliphatic carbocycles.